The van der Waals surface area contributed by atoms with E-state index in [-0.39, 0.29) is 41.8 Å². The molecule has 1 aromatic heterocycles. The number of nitrogens with two attached hydrogens (primary N) is 3. The van der Waals surface area contributed by atoms with Gasteiger partial charge in [-0.15, -0.1) is 79.1 Å². The summed E-state index contributed by atoms with van der Waals surface area (Å²) < 4.78 is 55.5. The topological polar surface area (TPSA) is 521 Å². The Bertz CT molecular complexity index is 5400. The SMILES string of the molecule is C=C1N=C(N)C(Br)=CN1[C@@H]1O[C@H](CCP(=C)(C)C)[C@@H](O)[C@H]1O.C=C1N=C(N)C(OC)=CN1[C@@H]1O[C@H](CCP(=C)(C)C)[C@@H](O)[C@H]1O.C=C1N=C(N)C(OC)=CN1[C@@H]1O[C@H](CCP(=C)(C)C)[C@@H](O)[C@H]1OC.C=C1N=C(NC(C)=O)C=CN1[C@@H]1C=C(CCP(=C)(C)C)[C@@H](O)[C@H]1O.C=C1N=C(NC(C)=O)C=CN1[C@@H]1O[C@H](CCP(=C)(C)C)[C@@H](O)[C@H]1OC.C=P(C)(C)CC[C@H]1O[C@@H](n2c[n+](C)c(=S)nc2C)[C@H](O)[C@@H]1O. The third kappa shape index (κ3) is 34.2. The minimum atomic E-state index is -1.23. The smallest absolute Gasteiger partial charge is 0.333 e. The molecule has 23 atom stereocenters. The van der Waals surface area contributed by atoms with Crippen molar-refractivity contribution < 1.29 is 108 Å². The maximum absolute atomic E-state index is 11.1. The lowest BCUT2D eigenvalue weighted by Crippen LogP contribution is -2.43. The monoisotopic (exact) mass is 2160 g/mol. The van der Waals surface area contributed by atoms with Crippen molar-refractivity contribution in [2.75, 3.05) is 145 Å². The molecule has 0 aromatic carbocycles. The number of carbonyl (C=O) groups excluding carboxylic acids is 2. The van der Waals surface area contributed by atoms with E-state index in [4.69, 9.17) is 72.1 Å². The first-order chi connectivity index (χ1) is 64.7. The molecule has 2 amide bonds. The second-order valence-corrected chi connectivity index (χ2v) is 67.1. The average molecular weight is 2160 g/mol. The second kappa shape index (κ2) is 51.1. The van der Waals surface area contributed by atoms with Gasteiger partial charge >= 0.3 is 4.77 Å². The van der Waals surface area contributed by atoms with Gasteiger partial charge in [0.2, 0.25) is 23.9 Å². The van der Waals surface area contributed by atoms with Gasteiger partial charge in [0.25, 0.3) is 0 Å². The Balaban J connectivity index is 0.000000229. The molecular formula is C93H156BrN18O21P6S+. The van der Waals surface area contributed by atoms with Crippen LogP contribution in [-0.2, 0) is 59.3 Å². The summed E-state index contributed by atoms with van der Waals surface area (Å²) in [6.45, 7) is 42.5. The van der Waals surface area contributed by atoms with Gasteiger partial charge in [-0.1, -0.05) is 44.0 Å². The van der Waals surface area contributed by atoms with E-state index in [0.29, 0.717) is 92.5 Å². The summed E-state index contributed by atoms with van der Waals surface area (Å²) in [6, 6.07) is -0.423. The number of amidine groups is 5. The van der Waals surface area contributed by atoms with Crippen molar-refractivity contribution in [1.29, 1.82) is 0 Å². The summed E-state index contributed by atoms with van der Waals surface area (Å²) in [6.07, 6.45) is 34.6. The molecule has 11 heterocycles. The van der Waals surface area contributed by atoms with Gasteiger partial charge in [0.15, 0.2) is 54.4 Å². The molecule has 47 heteroatoms. The molecule has 18 N–H and O–H groups in total. The fourth-order valence-corrected chi connectivity index (χ4v) is 22.0. The van der Waals surface area contributed by atoms with Gasteiger partial charge in [0.05, 0.1) is 74.7 Å². The number of aliphatic hydroxyl groups is 10. The Kier molecular flexibility index (Phi) is 43.8. The molecule has 1 aliphatic carbocycles. The zero-order valence-corrected chi connectivity index (χ0v) is 92.5. The van der Waals surface area contributed by atoms with Crippen LogP contribution >= 0.6 is 69.5 Å². The highest BCUT2D eigenvalue weighted by atomic mass is 79.9. The third-order valence-electron chi connectivity index (χ3n) is 23.7. The van der Waals surface area contributed by atoms with Gasteiger partial charge in [0.1, 0.15) is 120 Å². The molecule has 5 fully saturated rings. The number of rotatable bonds is 28. The summed E-state index contributed by atoms with van der Waals surface area (Å²) in [5.74, 6) is 4.53. The number of aliphatic hydroxyl groups excluding tert-OH is 10. The van der Waals surface area contributed by atoms with Gasteiger partial charge in [-0.2, -0.15) is 0 Å². The average Bonchev–Trinajstić information content (AvgIpc) is 1.66. The van der Waals surface area contributed by atoms with Crippen LogP contribution in [0.1, 0.15) is 64.4 Å². The Morgan fingerprint density at radius 3 is 1.12 bits per heavy atom. The molecule has 0 saturated carbocycles. The maximum atomic E-state index is 11.1. The van der Waals surface area contributed by atoms with E-state index >= 15 is 0 Å². The number of methoxy groups -OCH3 is 4. The minimum Gasteiger partial charge on any atom is -0.491 e. The number of aromatic nitrogens is 3. The molecule has 786 valence electrons. The molecule has 140 heavy (non-hydrogen) atoms. The van der Waals surface area contributed by atoms with Gasteiger partial charge in [-0.25, -0.2) is 34.1 Å². The number of hydrogen-bond donors (Lipinski definition) is 15. The number of carbonyl (C=O) groups is 2. The summed E-state index contributed by atoms with van der Waals surface area (Å²) in [5, 5.41) is 109. The first kappa shape index (κ1) is 120. The van der Waals surface area contributed by atoms with Crippen molar-refractivity contribution in [3.05, 3.63) is 150 Å². The minimum absolute atomic E-state index is 0.203. The highest BCUT2D eigenvalue weighted by Crippen LogP contribution is 2.47. The quantitative estimate of drug-likeness (QED) is 0.0240. The third-order valence-corrected chi connectivity index (χ3v) is 33.5. The van der Waals surface area contributed by atoms with Crippen molar-refractivity contribution in [2.24, 2.45) is 49.2 Å². The highest BCUT2D eigenvalue weighted by molar-refractivity contribution is 9.12. The van der Waals surface area contributed by atoms with Gasteiger partial charge in [-0.3, -0.25) is 9.59 Å². The number of aryl methyl sites for hydroxylation is 2. The van der Waals surface area contributed by atoms with Crippen molar-refractivity contribution in [3.63, 3.8) is 0 Å². The van der Waals surface area contributed by atoms with E-state index in [1.165, 1.54) is 33.0 Å². The van der Waals surface area contributed by atoms with E-state index in [2.05, 4.69) is 207 Å². The van der Waals surface area contributed by atoms with E-state index in [0.717, 1.165) is 61.8 Å². The lowest BCUT2D eigenvalue weighted by Gasteiger charge is -2.32. The van der Waals surface area contributed by atoms with E-state index in [1.54, 1.807) is 106 Å². The lowest BCUT2D eigenvalue weighted by atomic mass is 10.1. The largest absolute Gasteiger partial charge is 0.491 e. The van der Waals surface area contributed by atoms with Crippen molar-refractivity contribution >= 4 is 148 Å². The molecule has 12 rings (SSSR count). The van der Waals surface area contributed by atoms with Gasteiger partial charge < -0.3 is 146 Å². The van der Waals surface area contributed by atoms with Gasteiger partial charge in [0, 0.05) is 53.6 Å². The number of amides is 2. The van der Waals surface area contributed by atoms with Crippen molar-refractivity contribution in [3.8, 4) is 0 Å². The number of hydrogen-bond acceptors (Lipinski definition) is 36. The molecule has 1 aromatic rings. The molecule has 0 radical (unpaired) electrons. The zero-order valence-electron chi connectivity index (χ0n) is 84.7. The Morgan fingerprint density at radius 1 is 0.457 bits per heavy atom. The number of ether oxygens (including phenoxy) is 9. The predicted molar refractivity (Wildman–Crippen MR) is 581 cm³/mol. The molecule has 11 aliphatic rings. The standard InChI is InChI=1S/C17H28N3O4P.C17H26N3O3P.C16H28N3O4P.C15H26N3O4P.C14H23BrN3O3P.C14H25N3O3PS/c1-11-18-14(19-12(2)21)7-9-20(11)17-16(23-3)15(22)13(24-17)8-10-25(4,5)6;1-11-18-15(19-12(2)21)6-8-20(11)14-10-13(16(22)17(14)23)7-9-24(3,4)5;1-10-18-15(17)12(21-2)9-19(10)16-14(22-3)13(20)11(23-16)7-8-24(4,5)6;1-9-17-14(16)11(21-2)8-18(9)15-13(20)12(19)10(22-15)6-7-23(3,4)5;1-8-17-13(16)9(15)7-18(8)14-12(20)11(19)10(21-14)5-6-22(2,3)4;1-9-15-14(22)16(2)8-17(9)13-12(19)11(18)10(20-13)6-7-21(3,4)5/h7,9,13,15-17,22H,1,4,8,10H2,2-3,5-6H3,(H,18,19,21);6,8,10,14,16-17,22-23H,1,3,7,9H2,2,4-5H3,(H,18,19,21);9,11,13-14,16,20H,1,4,7-8H2,2-3,5-6H3,(H2,17,18);8,10,12-13,15,19-20H,1,3,6-7H2,2,4-5H3,(H2,16,17);7,10-12,14,19-20H,1-2,5-6H2,3-4H3,(H2,16,17);8,10-13,18-19H,3,6-7H2,1-2,4-5H3/q;;;;;+1/t13-,15-,16-,17-;14-,16-,17+;11-,13-,14-,16-;10-,12-,13-,15-;10-,11-,12-,14-;10-,11-,12-,13-/m111111/s1. The van der Waals surface area contributed by atoms with Crippen LogP contribution < -0.4 is 32.4 Å². The van der Waals surface area contributed by atoms with E-state index in [1.807, 2.05) is 6.08 Å². The lowest BCUT2D eigenvalue weighted by molar-refractivity contribution is -0.686. The summed E-state index contributed by atoms with van der Waals surface area (Å²) in [7, 11) is 7.88. The molecule has 39 nitrogen and oxygen atoms in total. The van der Waals surface area contributed by atoms with Crippen LogP contribution in [0.15, 0.2) is 164 Å². The van der Waals surface area contributed by atoms with Crippen LogP contribution in [0, 0.1) is 11.7 Å². The summed E-state index contributed by atoms with van der Waals surface area (Å²) in [4.78, 5) is 55.6. The Labute approximate surface area is 840 Å². The second-order valence-electron chi connectivity index (χ2n) is 40.0. The van der Waals surface area contributed by atoms with E-state index in [9.17, 15) is 60.7 Å². The molecular weight excluding hydrogens is 2000 g/mol. The zero-order chi connectivity index (χ0) is 106. The molecule has 0 spiro atoms. The van der Waals surface area contributed by atoms with Crippen LogP contribution in [0.4, 0.5) is 0 Å². The van der Waals surface area contributed by atoms with Crippen LogP contribution in [0.25, 0.3) is 0 Å². The number of nitrogens with zero attached hydrogens (tertiary/aromatic N) is 13. The van der Waals surface area contributed by atoms with Crippen LogP contribution in [0.2, 0.25) is 0 Å². The van der Waals surface area contributed by atoms with Gasteiger partial charge in [-0.05, 0) is 201 Å². The fourth-order valence-electron chi connectivity index (χ4n) is 15.9. The van der Waals surface area contributed by atoms with Crippen molar-refractivity contribution in [2.45, 2.75) is 200 Å². The first-order valence-electron chi connectivity index (χ1n) is 45.4. The Hall–Kier alpha value is -6.74. The number of nitrogens with one attached hydrogen (secondary N) is 2. The molecule has 10 aliphatic heterocycles. The normalized spacial score (nSPS) is 30.2. The fraction of sp³-hybridized carbons (Fsp3) is 0.591. The van der Waals surface area contributed by atoms with Crippen LogP contribution in [0.5, 0.6) is 0 Å². The Morgan fingerprint density at radius 2 is 0.771 bits per heavy atom. The molecule has 0 unspecified atom stereocenters. The van der Waals surface area contributed by atoms with Crippen LogP contribution in [-0.4, -0.2) is 444 Å². The predicted octanol–water partition coefficient (Wildman–Crippen LogP) is 4.33. The molecule has 0 bridgehead atoms. The number of aliphatic imine (C=N–C) groups is 5. The number of halogens is 1. The van der Waals surface area contributed by atoms with E-state index < -0.39 is 164 Å². The summed E-state index contributed by atoms with van der Waals surface area (Å²) in [5.41, 5.74) is 18.1. The maximum Gasteiger partial charge on any atom is 0.333 e. The molecule has 5 saturated heterocycles. The first-order valence-corrected chi connectivity index (χ1v) is 65.0. The highest BCUT2D eigenvalue weighted by Gasteiger charge is 2.52. The van der Waals surface area contributed by atoms with Crippen molar-refractivity contribution in [1.82, 2.24) is 44.7 Å². The van der Waals surface area contributed by atoms with Crippen LogP contribution in [0.3, 0.4) is 0 Å². The summed E-state index contributed by atoms with van der Waals surface area (Å²) >= 11 is 8.41.